The number of piperidine rings is 1. The number of aliphatic hydroxyl groups is 1. The molecule has 3 rings (SSSR count). The Balaban J connectivity index is 1.98. The van der Waals surface area contributed by atoms with E-state index in [-0.39, 0.29) is 6.61 Å². The van der Waals surface area contributed by atoms with Gasteiger partial charge in [0.05, 0.1) is 23.9 Å². The van der Waals surface area contributed by atoms with E-state index in [9.17, 15) is 5.11 Å². The fourth-order valence-corrected chi connectivity index (χ4v) is 3.08. The van der Waals surface area contributed by atoms with Gasteiger partial charge in [0.15, 0.2) is 0 Å². The number of aromatic nitrogens is 1. The maximum atomic E-state index is 9.45. The largest absolute Gasteiger partial charge is 0.390 e. The molecule has 2 heterocycles. The van der Waals surface area contributed by atoms with Gasteiger partial charge in [0, 0.05) is 30.8 Å². The first kappa shape index (κ1) is 14.3. The van der Waals surface area contributed by atoms with Crippen LogP contribution in [0.1, 0.15) is 25.5 Å². The van der Waals surface area contributed by atoms with E-state index in [1.165, 1.54) is 0 Å². The topological polar surface area (TPSA) is 45.6 Å². The van der Waals surface area contributed by atoms with Crippen LogP contribution in [0.5, 0.6) is 0 Å². The van der Waals surface area contributed by atoms with Gasteiger partial charge in [-0.3, -0.25) is 4.98 Å². The molecule has 4 heteroatoms. The molecular formula is C17H22N2O2. The molecule has 0 saturated carbocycles. The van der Waals surface area contributed by atoms with Gasteiger partial charge in [0.1, 0.15) is 0 Å². The van der Waals surface area contributed by atoms with Crippen molar-refractivity contribution in [3.8, 4) is 0 Å². The smallest absolute Gasteiger partial charge is 0.0854 e. The highest BCUT2D eigenvalue weighted by molar-refractivity contribution is 5.92. The van der Waals surface area contributed by atoms with Crippen molar-refractivity contribution in [3.05, 3.63) is 36.0 Å². The van der Waals surface area contributed by atoms with Crippen LogP contribution in [0.3, 0.4) is 0 Å². The molecule has 1 aliphatic heterocycles. The van der Waals surface area contributed by atoms with E-state index in [1.807, 2.05) is 31.2 Å². The maximum Gasteiger partial charge on any atom is 0.0854 e. The number of pyridine rings is 1. The number of ether oxygens (including phenoxy) is 1. The van der Waals surface area contributed by atoms with E-state index in [0.717, 1.165) is 54.8 Å². The van der Waals surface area contributed by atoms with Crippen LogP contribution in [0.15, 0.2) is 30.3 Å². The highest BCUT2D eigenvalue weighted by Gasteiger charge is 2.22. The van der Waals surface area contributed by atoms with E-state index in [1.54, 1.807) is 0 Å². The minimum atomic E-state index is -0.0272. The van der Waals surface area contributed by atoms with E-state index in [0.29, 0.717) is 6.10 Å². The maximum absolute atomic E-state index is 9.45. The molecule has 0 aliphatic carbocycles. The van der Waals surface area contributed by atoms with Gasteiger partial charge < -0.3 is 14.7 Å². The third kappa shape index (κ3) is 3.01. The minimum absolute atomic E-state index is 0.0272. The molecule has 1 aromatic carbocycles. The molecule has 1 N–H and O–H groups in total. The molecule has 1 aromatic heterocycles. The highest BCUT2D eigenvalue weighted by atomic mass is 16.5. The van der Waals surface area contributed by atoms with Crippen LogP contribution in [-0.2, 0) is 11.3 Å². The summed E-state index contributed by atoms with van der Waals surface area (Å²) in [6.45, 7) is 4.72. The summed E-state index contributed by atoms with van der Waals surface area (Å²) in [6.07, 6.45) is 2.56. The SMILES string of the molecule is CCOC1CCCN(c2cc(CO)nc3ccccc23)C1. The van der Waals surface area contributed by atoms with Crippen LogP contribution in [0.25, 0.3) is 10.9 Å². The molecule has 2 aromatic rings. The lowest BCUT2D eigenvalue weighted by Crippen LogP contribution is -2.39. The first-order valence-electron chi connectivity index (χ1n) is 7.68. The predicted octanol–water partition coefficient (Wildman–Crippen LogP) is 2.73. The Morgan fingerprint density at radius 1 is 1.38 bits per heavy atom. The van der Waals surface area contributed by atoms with Gasteiger partial charge in [-0.25, -0.2) is 0 Å². The second-order valence-electron chi connectivity index (χ2n) is 5.47. The molecule has 0 bridgehead atoms. The van der Waals surface area contributed by atoms with Crippen molar-refractivity contribution in [1.29, 1.82) is 0 Å². The molecule has 1 saturated heterocycles. The Kier molecular flexibility index (Phi) is 4.36. The van der Waals surface area contributed by atoms with Gasteiger partial charge in [0.2, 0.25) is 0 Å². The summed E-state index contributed by atoms with van der Waals surface area (Å²) in [4.78, 5) is 6.86. The van der Waals surface area contributed by atoms with Gasteiger partial charge in [-0.2, -0.15) is 0 Å². The van der Waals surface area contributed by atoms with Gasteiger partial charge in [-0.05, 0) is 31.9 Å². The number of rotatable bonds is 4. The molecule has 21 heavy (non-hydrogen) atoms. The van der Waals surface area contributed by atoms with Crippen LogP contribution < -0.4 is 4.90 Å². The number of fused-ring (bicyclic) bond motifs is 1. The van der Waals surface area contributed by atoms with E-state index >= 15 is 0 Å². The fraction of sp³-hybridized carbons (Fsp3) is 0.471. The van der Waals surface area contributed by atoms with Crippen LogP contribution in [0.4, 0.5) is 5.69 Å². The highest BCUT2D eigenvalue weighted by Crippen LogP contribution is 2.29. The number of hydrogen-bond donors (Lipinski definition) is 1. The summed E-state index contributed by atoms with van der Waals surface area (Å²) in [5, 5.41) is 10.6. The van der Waals surface area contributed by atoms with Crippen LogP contribution >= 0.6 is 0 Å². The Hall–Kier alpha value is -1.65. The molecule has 1 unspecified atom stereocenters. The normalized spacial score (nSPS) is 19.1. The molecule has 1 atom stereocenters. The number of para-hydroxylation sites is 1. The quantitative estimate of drug-likeness (QED) is 0.938. The number of nitrogens with zero attached hydrogens (tertiary/aromatic N) is 2. The van der Waals surface area contributed by atoms with Crippen molar-refractivity contribution >= 4 is 16.6 Å². The average Bonchev–Trinajstić information content (AvgIpc) is 2.54. The van der Waals surface area contributed by atoms with Crippen LogP contribution in [0.2, 0.25) is 0 Å². The molecule has 1 aliphatic rings. The summed E-state index contributed by atoms with van der Waals surface area (Å²) in [5.41, 5.74) is 2.83. The third-order valence-electron chi connectivity index (χ3n) is 4.03. The monoisotopic (exact) mass is 286 g/mol. The van der Waals surface area contributed by atoms with Gasteiger partial charge in [-0.15, -0.1) is 0 Å². The number of anilines is 1. The second-order valence-corrected chi connectivity index (χ2v) is 5.47. The summed E-state index contributed by atoms with van der Waals surface area (Å²) in [6, 6.07) is 10.1. The fourth-order valence-electron chi connectivity index (χ4n) is 3.08. The van der Waals surface area contributed by atoms with Crippen LogP contribution in [-0.4, -0.2) is 35.9 Å². The Labute approximate surface area is 125 Å². The Morgan fingerprint density at radius 3 is 3.05 bits per heavy atom. The van der Waals surface area contributed by atoms with E-state index in [4.69, 9.17) is 4.74 Å². The first-order chi connectivity index (χ1) is 10.3. The van der Waals surface area contributed by atoms with Crippen LogP contribution in [0, 0.1) is 0 Å². The van der Waals surface area contributed by atoms with Crippen molar-refractivity contribution in [2.75, 3.05) is 24.6 Å². The standard InChI is InChI=1S/C17H22N2O2/c1-2-21-14-6-5-9-19(11-14)17-10-13(12-20)18-16-8-4-3-7-15(16)17/h3-4,7-8,10,14,20H,2,5-6,9,11-12H2,1H3. The molecule has 1 fully saturated rings. The molecule has 0 amide bonds. The zero-order valence-corrected chi connectivity index (χ0v) is 12.5. The lowest BCUT2D eigenvalue weighted by Gasteiger charge is -2.35. The second kappa shape index (κ2) is 6.41. The Bertz CT molecular complexity index is 613. The first-order valence-corrected chi connectivity index (χ1v) is 7.68. The third-order valence-corrected chi connectivity index (χ3v) is 4.03. The molecule has 0 radical (unpaired) electrons. The van der Waals surface area contributed by atoms with Gasteiger partial charge >= 0.3 is 0 Å². The Morgan fingerprint density at radius 2 is 2.24 bits per heavy atom. The van der Waals surface area contributed by atoms with Crippen molar-refractivity contribution in [2.45, 2.75) is 32.5 Å². The summed E-state index contributed by atoms with van der Waals surface area (Å²) in [5.74, 6) is 0. The predicted molar refractivity (Wildman–Crippen MR) is 84.5 cm³/mol. The van der Waals surface area contributed by atoms with Gasteiger partial charge in [0.25, 0.3) is 0 Å². The zero-order chi connectivity index (χ0) is 14.7. The number of hydrogen-bond acceptors (Lipinski definition) is 4. The van der Waals surface area contributed by atoms with E-state index in [2.05, 4.69) is 16.0 Å². The number of benzene rings is 1. The van der Waals surface area contributed by atoms with Crippen molar-refractivity contribution in [2.24, 2.45) is 0 Å². The van der Waals surface area contributed by atoms with Crippen molar-refractivity contribution in [3.63, 3.8) is 0 Å². The zero-order valence-electron chi connectivity index (χ0n) is 12.5. The summed E-state index contributed by atoms with van der Waals surface area (Å²) >= 11 is 0. The van der Waals surface area contributed by atoms with E-state index < -0.39 is 0 Å². The summed E-state index contributed by atoms with van der Waals surface area (Å²) < 4.78 is 5.80. The average molecular weight is 286 g/mol. The molecule has 0 spiro atoms. The molecule has 4 nitrogen and oxygen atoms in total. The van der Waals surface area contributed by atoms with Crippen molar-refractivity contribution in [1.82, 2.24) is 4.98 Å². The van der Waals surface area contributed by atoms with Crippen molar-refractivity contribution < 1.29 is 9.84 Å². The summed E-state index contributed by atoms with van der Waals surface area (Å²) in [7, 11) is 0. The lowest BCUT2D eigenvalue weighted by molar-refractivity contribution is 0.0527. The lowest BCUT2D eigenvalue weighted by atomic mass is 10.0. The minimum Gasteiger partial charge on any atom is -0.390 e. The van der Waals surface area contributed by atoms with Gasteiger partial charge in [-0.1, -0.05) is 18.2 Å². The number of aliphatic hydroxyl groups excluding tert-OH is 1. The molecular weight excluding hydrogens is 264 g/mol. The molecule has 112 valence electrons.